The van der Waals surface area contributed by atoms with Crippen molar-refractivity contribution in [2.45, 2.75) is 32.4 Å². The van der Waals surface area contributed by atoms with Crippen molar-refractivity contribution in [1.29, 1.82) is 0 Å². The van der Waals surface area contributed by atoms with Gasteiger partial charge in [0, 0.05) is 31.3 Å². The molecule has 1 aromatic rings. The van der Waals surface area contributed by atoms with Crippen molar-refractivity contribution in [3.05, 3.63) is 35.6 Å². The molecule has 0 aliphatic carbocycles. The first-order valence-electron chi connectivity index (χ1n) is 7.27. The molecule has 2 atom stereocenters. The maximum Gasteiger partial charge on any atom is 0.128 e. The smallest absolute Gasteiger partial charge is 0.128 e. The molecule has 0 radical (unpaired) electrons. The van der Waals surface area contributed by atoms with Crippen LogP contribution < -0.4 is 5.32 Å². The van der Waals surface area contributed by atoms with Gasteiger partial charge in [0.15, 0.2) is 0 Å². The zero-order chi connectivity index (χ0) is 15.0. The standard InChI is InChI=1S/C16H27FN2O/c1-5-10-18-16(11-19(3)13(2)12-20-4)14-8-6-7-9-15(14)17/h6-9,13,16,18H,5,10-12H2,1-4H3. The quantitative estimate of drug-likeness (QED) is 0.754. The summed E-state index contributed by atoms with van der Waals surface area (Å²) in [7, 11) is 3.75. The molecule has 0 bridgehead atoms. The van der Waals surface area contributed by atoms with Crippen LogP contribution in [-0.4, -0.2) is 44.8 Å². The molecule has 20 heavy (non-hydrogen) atoms. The molecule has 0 spiro atoms. The normalized spacial score (nSPS) is 14.5. The highest BCUT2D eigenvalue weighted by atomic mass is 19.1. The maximum absolute atomic E-state index is 14.0. The molecule has 4 heteroatoms. The lowest BCUT2D eigenvalue weighted by Gasteiger charge is -2.29. The third kappa shape index (κ3) is 5.19. The number of benzene rings is 1. The fraction of sp³-hybridized carbons (Fsp3) is 0.625. The first-order valence-corrected chi connectivity index (χ1v) is 7.27. The van der Waals surface area contributed by atoms with Gasteiger partial charge in [0.1, 0.15) is 5.82 Å². The Morgan fingerprint density at radius 2 is 2.05 bits per heavy atom. The minimum Gasteiger partial charge on any atom is -0.383 e. The van der Waals surface area contributed by atoms with Gasteiger partial charge in [0.25, 0.3) is 0 Å². The Balaban J connectivity index is 2.77. The Hall–Kier alpha value is -0.970. The Morgan fingerprint density at radius 3 is 2.65 bits per heavy atom. The average Bonchev–Trinajstić information content (AvgIpc) is 2.44. The lowest BCUT2D eigenvalue weighted by molar-refractivity contribution is 0.109. The van der Waals surface area contributed by atoms with Gasteiger partial charge < -0.3 is 10.1 Å². The van der Waals surface area contributed by atoms with Gasteiger partial charge >= 0.3 is 0 Å². The summed E-state index contributed by atoms with van der Waals surface area (Å²) in [5.74, 6) is -0.145. The lowest BCUT2D eigenvalue weighted by atomic mass is 10.0. The highest BCUT2D eigenvalue weighted by Gasteiger charge is 2.19. The number of ether oxygens (including phenoxy) is 1. The molecular formula is C16H27FN2O. The molecule has 0 saturated heterocycles. The average molecular weight is 282 g/mol. The third-order valence-electron chi connectivity index (χ3n) is 3.55. The van der Waals surface area contributed by atoms with E-state index in [1.165, 1.54) is 6.07 Å². The summed E-state index contributed by atoms with van der Waals surface area (Å²) in [6, 6.07) is 7.30. The van der Waals surface area contributed by atoms with E-state index in [4.69, 9.17) is 4.74 Å². The SMILES string of the molecule is CCCNC(CN(C)C(C)COC)c1ccccc1F. The van der Waals surface area contributed by atoms with E-state index in [1.807, 2.05) is 19.2 Å². The summed E-state index contributed by atoms with van der Waals surface area (Å²) in [6.45, 7) is 6.54. The van der Waals surface area contributed by atoms with Crippen LogP contribution in [0.3, 0.4) is 0 Å². The fourth-order valence-electron chi connectivity index (χ4n) is 2.19. The van der Waals surface area contributed by atoms with Gasteiger partial charge in [-0.1, -0.05) is 25.1 Å². The Labute approximate surface area is 122 Å². The van der Waals surface area contributed by atoms with Crippen molar-refractivity contribution >= 4 is 0 Å². The second kappa shape index (κ2) is 9.06. The van der Waals surface area contributed by atoms with Crippen LogP contribution in [0, 0.1) is 5.82 Å². The van der Waals surface area contributed by atoms with Crippen molar-refractivity contribution in [2.24, 2.45) is 0 Å². The van der Waals surface area contributed by atoms with Crippen LogP contribution in [0.1, 0.15) is 31.9 Å². The molecule has 1 rings (SSSR count). The molecule has 0 saturated carbocycles. The van der Waals surface area contributed by atoms with Crippen molar-refractivity contribution in [1.82, 2.24) is 10.2 Å². The number of halogens is 1. The van der Waals surface area contributed by atoms with Crippen molar-refractivity contribution < 1.29 is 9.13 Å². The number of nitrogens with one attached hydrogen (secondary N) is 1. The van der Waals surface area contributed by atoms with E-state index in [0.717, 1.165) is 25.1 Å². The van der Waals surface area contributed by atoms with E-state index >= 15 is 0 Å². The molecule has 0 heterocycles. The molecule has 1 aromatic carbocycles. The summed E-state index contributed by atoms with van der Waals surface area (Å²) in [5.41, 5.74) is 0.734. The van der Waals surface area contributed by atoms with Crippen molar-refractivity contribution in [2.75, 3.05) is 33.9 Å². The van der Waals surface area contributed by atoms with Crippen molar-refractivity contribution in [3.8, 4) is 0 Å². The number of hydrogen-bond donors (Lipinski definition) is 1. The van der Waals surface area contributed by atoms with Crippen LogP contribution >= 0.6 is 0 Å². The summed E-state index contributed by atoms with van der Waals surface area (Å²) < 4.78 is 19.2. The van der Waals surface area contributed by atoms with E-state index in [9.17, 15) is 4.39 Å². The van der Waals surface area contributed by atoms with Crippen LogP contribution in [0.15, 0.2) is 24.3 Å². The van der Waals surface area contributed by atoms with Crippen LogP contribution in [0.5, 0.6) is 0 Å². The highest BCUT2D eigenvalue weighted by Crippen LogP contribution is 2.18. The summed E-state index contributed by atoms with van der Waals surface area (Å²) in [5, 5.41) is 3.43. The molecule has 2 unspecified atom stereocenters. The Kier molecular flexibility index (Phi) is 7.73. The minimum absolute atomic E-state index is 0.000422. The van der Waals surface area contributed by atoms with Crippen LogP contribution in [-0.2, 0) is 4.74 Å². The second-order valence-corrected chi connectivity index (χ2v) is 5.27. The largest absolute Gasteiger partial charge is 0.383 e. The summed E-state index contributed by atoms with van der Waals surface area (Å²) >= 11 is 0. The predicted molar refractivity (Wildman–Crippen MR) is 81.4 cm³/mol. The zero-order valence-corrected chi connectivity index (χ0v) is 13.0. The van der Waals surface area contributed by atoms with E-state index in [1.54, 1.807) is 13.2 Å². The van der Waals surface area contributed by atoms with Gasteiger partial charge in [-0.3, -0.25) is 4.90 Å². The monoisotopic (exact) mass is 282 g/mol. The minimum atomic E-state index is -0.145. The van der Waals surface area contributed by atoms with Gasteiger partial charge in [-0.15, -0.1) is 0 Å². The second-order valence-electron chi connectivity index (χ2n) is 5.27. The lowest BCUT2D eigenvalue weighted by Crippen LogP contribution is -2.40. The van der Waals surface area contributed by atoms with Gasteiger partial charge in [0.2, 0.25) is 0 Å². The molecule has 0 amide bonds. The third-order valence-corrected chi connectivity index (χ3v) is 3.55. The van der Waals surface area contributed by atoms with Gasteiger partial charge in [-0.2, -0.15) is 0 Å². The van der Waals surface area contributed by atoms with E-state index in [2.05, 4.69) is 24.1 Å². The first-order chi connectivity index (χ1) is 9.60. The molecule has 0 aromatic heterocycles. The fourth-order valence-corrected chi connectivity index (χ4v) is 2.19. The summed E-state index contributed by atoms with van der Waals surface area (Å²) in [4.78, 5) is 2.20. The van der Waals surface area contributed by atoms with Crippen LogP contribution in [0.4, 0.5) is 4.39 Å². The number of hydrogen-bond acceptors (Lipinski definition) is 3. The number of likely N-dealkylation sites (N-methyl/N-ethyl adjacent to an activating group) is 1. The Bertz CT molecular complexity index is 386. The summed E-state index contributed by atoms with van der Waals surface area (Å²) in [6.07, 6.45) is 1.03. The Morgan fingerprint density at radius 1 is 1.35 bits per heavy atom. The highest BCUT2D eigenvalue weighted by molar-refractivity contribution is 5.21. The topological polar surface area (TPSA) is 24.5 Å². The van der Waals surface area contributed by atoms with E-state index in [-0.39, 0.29) is 11.9 Å². The number of rotatable bonds is 9. The first kappa shape index (κ1) is 17.1. The molecular weight excluding hydrogens is 255 g/mol. The van der Waals surface area contributed by atoms with E-state index < -0.39 is 0 Å². The van der Waals surface area contributed by atoms with Gasteiger partial charge in [0.05, 0.1) is 6.61 Å². The molecule has 114 valence electrons. The number of nitrogens with zero attached hydrogens (tertiary/aromatic N) is 1. The maximum atomic E-state index is 14.0. The van der Waals surface area contributed by atoms with Crippen LogP contribution in [0.2, 0.25) is 0 Å². The number of methoxy groups -OCH3 is 1. The van der Waals surface area contributed by atoms with Crippen LogP contribution in [0.25, 0.3) is 0 Å². The zero-order valence-electron chi connectivity index (χ0n) is 13.0. The molecule has 0 fully saturated rings. The van der Waals surface area contributed by atoms with E-state index in [0.29, 0.717) is 12.6 Å². The molecule has 0 aliphatic rings. The van der Waals surface area contributed by atoms with Gasteiger partial charge in [-0.05, 0) is 33.0 Å². The molecule has 0 aliphatic heterocycles. The molecule has 3 nitrogen and oxygen atoms in total. The molecule has 1 N–H and O–H groups in total. The van der Waals surface area contributed by atoms with Gasteiger partial charge in [-0.25, -0.2) is 4.39 Å². The van der Waals surface area contributed by atoms with Crippen molar-refractivity contribution in [3.63, 3.8) is 0 Å². The predicted octanol–water partition coefficient (Wildman–Crippen LogP) is 2.83.